The average molecular weight is 328 g/mol. The van der Waals surface area contributed by atoms with Crippen LogP contribution in [-0.4, -0.2) is 37.7 Å². The summed E-state index contributed by atoms with van der Waals surface area (Å²) in [6.07, 6.45) is 4.70. The average Bonchev–Trinajstić information content (AvgIpc) is 2.78. The summed E-state index contributed by atoms with van der Waals surface area (Å²) in [5, 5.41) is 7.14. The lowest BCUT2D eigenvalue weighted by molar-refractivity contribution is -0.156. The van der Waals surface area contributed by atoms with Crippen molar-refractivity contribution < 1.29 is 4.79 Å². The molecule has 1 saturated carbocycles. The number of carbonyl (C=O) groups excluding carboxylic acids is 1. The molecule has 2 aromatic rings. The Morgan fingerprint density at radius 2 is 2.04 bits per heavy atom. The number of amides is 1. The molecule has 1 aromatic heterocycles. The Kier molecular flexibility index (Phi) is 3.37. The Bertz CT molecular complexity index is 795. The van der Waals surface area contributed by atoms with E-state index in [2.05, 4.69) is 10.2 Å². The Morgan fingerprint density at radius 3 is 2.61 bits per heavy atom. The standard InChI is InChI=1S/C17H20N4OS/c1-12-3-5-13(6-4-12)15-18-19-16(23)20(15)11-14(22)21-10-9-17(21)7-2-8-17/h3-6H,2,7-11H2,1H3,(H,19,23). The van der Waals surface area contributed by atoms with Crippen LogP contribution in [0.1, 0.15) is 31.2 Å². The summed E-state index contributed by atoms with van der Waals surface area (Å²) in [6.45, 7) is 3.19. The first-order chi connectivity index (χ1) is 11.1. The second-order valence-electron chi connectivity index (χ2n) is 6.68. The molecule has 1 aromatic carbocycles. The molecule has 0 radical (unpaired) electrons. The van der Waals surface area contributed by atoms with Crippen molar-refractivity contribution in [3.63, 3.8) is 0 Å². The second kappa shape index (κ2) is 5.30. The lowest BCUT2D eigenvalue weighted by Gasteiger charge is -2.58. The SMILES string of the molecule is Cc1ccc(-c2n[nH]c(=S)n2CC(=O)N2CCC23CCC3)cc1. The minimum absolute atomic E-state index is 0.154. The van der Waals surface area contributed by atoms with Crippen molar-refractivity contribution in [1.82, 2.24) is 19.7 Å². The molecule has 1 spiro atoms. The summed E-state index contributed by atoms with van der Waals surface area (Å²) in [5.74, 6) is 0.883. The van der Waals surface area contributed by atoms with Crippen molar-refractivity contribution in [2.75, 3.05) is 6.54 Å². The van der Waals surface area contributed by atoms with Crippen LogP contribution in [-0.2, 0) is 11.3 Å². The van der Waals surface area contributed by atoms with Crippen LogP contribution in [0.2, 0.25) is 0 Å². The van der Waals surface area contributed by atoms with Gasteiger partial charge in [0.15, 0.2) is 10.6 Å². The van der Waals surface area contributed by atoms with Gasteiger partial charge in [0, 0.05) is 17.6 Å². The Labute approximate surface area is 140 Å². The molecule has 2 aliphatic rings. The molecule has 1 aliphatic carbocycles. The zero-order valence-corrected chi connectivity index (χ0v) is 14.0. The number of rotatable bonds is 3. The van der Waals surface area contributed by atoms with Gasteiger partial charge in [-0.15, -0.1) is 0 Å². The molecule has 23 heavy (non-hydrogen) atoms. The van der Waals surface area contributed by atoms with E-state index in [1.165, 1.54) is 12.0 Å². The fourth-order valence-electron chi connectivity index (χ4n) is 3.64. The molecule has 1 saturated heterocycles. The van der Waals surface area contributed by atoms with Crippen LogP contribution in [0, 0.1) is 11.7 Å². The summed E-state index contributed by atoms with van der Waals surface area (Å²) < 4.78 is 2.31. The summed E-state index contributed by atoms with van der Waals surface area (Å²) in [4.78, 5) is 14.8. The highest BCUT2D eigenvalue weighted by Crippen LogP contribution is 2.47. The molecule has 1 N–H and O–H groups in total. The number of nitrogens with one attached hydrogen (secondary N) is 1. The summed E-state index contributed by atoms with van der Waals surface area (Å²) in [7, 11) is 0. The van der Waals surface area contributed by atoms with Crippen molar-refractivity contribution in [3.05, 3.63) is 34.6 Å². The van der Waals surface area contributed by atoms with Gasteiger partial charge in [-0.25, -0.2) is 0 Å². The zero-order valence-electron chi connectivity index (χ0n) is 13.2. The van der Waals surface area contributed by atoms with Crippen LogP contribution in [0.25, 0.3) is 11.4 Å². The highest BCUT2D eigenvalue weighted by Gasteiger charge is 2.51. The number of aryl methyl sites for hydroxylation is 1. The highest BCUT2D eigenvalue weighted by molar-refractivity contribution is 7.71. The van der Waals surface area contributed by atoms with Crippen LogP contribution in [0.15, 0.2) is 24.3 Å². The Hall–Kier alpha value is -1.95. The largest absolute Gasteiger partial charge is 0.335 e. The minimum atomic E-state index is 0.154. The van der Waals surface area contributed by atoms with E-state index in [1.807, 2.05) is 40.7 Å². The first-order valence-corrected chi connectivity index (χ1v) is 8.53. The van der Waals surface area contributed by atoms with E-state index < -0.39 is 0 Å². The Morgan fingerprint density at radius 1 is 1.30 bits per heavy atom. The van der Waals surface area contributed by atoms with Crippen molar-refractivity contribution >= 4 is 18.1 Å². The fourth-order valence-corrected chi connectivity index (χ4v) is 3.84. The number of hydrogen-bond acceptors (Lipinski definition) is 3. The molecule has 0 unspecified atom stereocenters. The predicted molar refractivity (Wildman–Crippen MR) is 90.5 cm³/mol. The van der Waals surface area contributed by atoms with Crippen LogP contribution in [0.3, 0.4) is 0 Å². The molecular formula is C17H20N4OS. The predicted octanol–water partition coefficient (Wildman–Crippen LogP) is 3.07. The lowest BCUT2D eigenvalue weighted by Crippen LogP contribution is -2.66. The van der Waals surface area contributed by atoms with E-state index in [0.29, 0.717) is 4.77 Å². The molecule has 2 heterocycles. The van der Waals surface area contributed by atoms with Crippen LogP contribution >= 0.6 is 12.2 Å². The van der Waals surface area contributed by atoms with Crippen molar-refractivity contribution in [3.8, 4) is 11.4 Å². The summed E-state index contributed by atoms with van der Waals surface area (Å²) >= 11 is 5.33. The molecule has 1 aliphatic heterocycles. The zero-order chi connectivity index (χ0) is 16.0. The van der Waals surface area contributed by atoms with E-state index in [0.717, 1.165) is 37.2 Å². The number of likely N-dealkylation sites (tertiary alicyclic amines) is 1. The summed E-state index contributed by atoms with van der Waals surface area (Å²) in [6, 6.07) is 8.10. The fraction of sp³-hybridized carbons (Fsp3) is 0.471. The number of H-pyrrole nitrogens is 1. The molecule has 1 amide bonds. The van der Waals surface area contributed by atoms with Gasteiger partial charge >= 0.3 is 0 Å². The topological polar surface area (TPSA) is 53.9 Å². The maximum absolute atomic E-state index is 12.7. The minimum Gasteiger partial charge on any atom is -0.335 e. The van der Waals surface area contributed by atoms with E-state index in [-0.39, 0.29) is 18.0 Å². The molecule has 2 fully saturated rings. The van der Waals surface area contributed by atoms with Crippen LogP contribution in [0.4, 0.5) is 0 Å². The van der Waals surface area contributed by atoms with E-state index in [4.69, 9.17) is 12.2 Å². The van der Waals surface area contributed by atoms with Gasteiger partial charge in [0.25, 0.3) is 0 Å². The maximum atomic E-state index is 12.7. The summed E-state index contributed by atoms with van der Waals surface area (Å²) in [5.41, 5.74) is 2.34. The highest BCUT2D eigenvalue weighted by atomic mass is 32.1. The third-order valence-corrected chi connectivity index (χ3v) is 5.63. The molecule has 5 nitrogen and oxygen atoms in total. The maximum Gasteiger partial charge on any atom is 0.243 e. The van der Waals surface area contributed by atoms with Crippen LogP contribution < -0.4 is 0 Å². The smallest absolute Gasteiger partial charge is 0.243 e. The van der Waals surface area contributed by atoms with Crippen molar-refractivity contribution in [2.45, 2.75) is 44.7 Å². The third kappa shape index (κ3) is 2.32. The van der Waals surface area contributed by atoms with Gasteiger partial charge in [-0.1, -0.05) is 29.8 Å². The lowest BCUT2D eigenvalue weighted by atomic mass is 9.68. The van der Waals surface area contributed by atoms with Gasteiger partial charge in [0.1, 0.15) is 6.54 Å². The van der Waals surface area contributed by atoms with Gasteiger partial charge in [-0.2, -0.15) is 5.10 Å². The van der Waals surface area contributed by atoms with Gasteiger partial charge in [0.05, 0.1) is 0 Å². The first kappa shape index (κ1) is 14.6. The van der Waals surface area contributed by atoms with E-state index >= 15 is 0 Å². The Balaban J connectivity index is 1.59. The van der Waals surface area contributed by atoms with Gasteiger partial charge in [-0.3, -0.25) is 14.5 Å². The second-order valence-corrected chi connectivity index (χ2v) is 7.06. The van der Waals surface area contributed by atoms with Gasteiger partial charge < -0.3 is 4.90 Å². The molecule has 120 valence electrons. The molecule has 0 bridgehead atoms. The third-order valence-electron chi connectivity index (χ3n) is 5.32. The number of nitrogens with zero attached hydrogens (tertiary/aromatic N) is 3. The monoisotopic (exact) mass is 328 g/mol. The molecule has 4 rings (SSSR count). The number of benzene rings is 1. The number of hydrogen-bond donors (Lipinski definition) is 1. The number of carbonyl (C=O) groups is 1. The molecule has 0 atom stereocenters. The van der Waals surface area contributed by atoms with Crippen LogP contribution in [0.5, 0.6) is 0 Å². The van der Waals surface area contributed by atoms with Crippen molar-refractivity contribution in [2.24, 2.45) is 0 Å². The normalized spacial score (nSPS) is 18.6. The van der Waals surface area contributed by atoms with E-state index in [9.17, 15) is 4.79 Å². The molecule has 6 heteroatoms. The van der Waals surface area contributed by atoms with E-state index in [1.54, 1.807) is 0 Å². The number of aromatic nitrogens is 3. The van der Waals surface area contributed by atoms with Gasteiger partial charge in [0.2, 0.25) is 5.91 Å². The van der Waals surface area contributed by atoms with Crippen molar-refractivity contribution in [1.29, 1.82) is 0 Å². The quantitative estimate of drug-likeness (QED) is 0.881. The van der Waals surface area contributed by atoms with Gasteiger partial charge in [-0.05, 0) is 44.8 Å². The first-order valence-electron chi connectivity index (χ1n) is 8.12. The number of aromatic amines is 1. The molecular weight excluding hydrogens is 308 g/mol.